The summed E-state index contributed by atoms with van der Waals surface area (Å²) in [5.41, 5.74) is 10.8. The normalized spacial score (nSPS) is 18.3. The molecule has 6 rings (SSSR count). The van der Waals surface area contributed by atoms with Crippen molar-refractivity contribution in [3.8, 4) is 5.75 Å². The summed E-state index contributed by atoms with van der Waals surface area (Å²) in [5.74, 6) is -1.42. The molecule has 0 saturated carbocycles. The van der Waals surface area contributed by atoms with E-state index in [4.69, 9.17) is 29.4 Å². The molecule has 1 heterocycles. The number of nitrogens with two attached hydrogens (primary N) is 1. The predicted octanol–water partition coefficient (Wildman–Crippen LogP) is 7.22. The van der Waals surface area contributed by atoms with Gasteiger partial charge in [0.25, 0.3) is 0 Å². The zero-order valence-electron chi connectivity index (χ0n) is 28.2. The van der Waals surface area contributed by atoms with Crippen LogP contribution < -0.4 is 10.5 Å². The van der Waals surface area contributed by atoms with Crippen molar-refractivity contribution in [1.29, 1.82) is 0 Å². The maximum absolute atomic E-state index is 13.5. The van der Waals surface area contributed by atoms with Crippen LogP contribution in [-0.4, -0.2) is 49.1 Å². The van der Waals surface area contributed by atoms with Gasteiger partial charge in [-0.15, -0.1) is 0 Å². The van der Waals surface area contributed by atoms with E-state index in [1.807, 2.05) is 6.07 Å². The van der Waals surface area contributed by atoms with E-state index < -0.39 is 42.5 Å². The number of carbonyl (C=O) groups excluding carboxylic acids is 3. The minimum atomic E-state index is -1.29. The molecule has 0 bridgehead atoms. The van der Waals surface area contributed by atoms with Crippen LogP contribution in [0.5, 0.6) is 5.75 Å². The average Bonchev–Trinajstić information content (AvgIpc) is 3.17. The zero-order chi connectivity index (χ0) is 35.6. The Morgan fingerprint density at radius 3 is 1.82 bits per heavy atom. The largest absolute Gasteiger partial charge is 0.460 e. The van der Waals surface area contributed by atoms with E-state index in [0.717, 1.165) is 17.5 Å². The molecule has 0 amide bonds. The molecule has 1 fully saturated rings. The number of benzene rings is 5. The molecule has 260 valence electrons. The van der Waals surface area contributed by atoms with Crippen molar-refractivity contribution in [1.82, 2.24) is 0 Å². The topological polar surface area (TPSA) is 123 Å². The molecule has 0 radical (unpaired) electrons. The van der Waals surface area contributed by atoms with Gasteiger partial charge >= 0.3 is 17.9 Å². The van der Waals surface area contributed by atoms with Crippen LogP contribution in [0, 0.1) is 0 Å². The molecule has 5 aromatic carbocycles. The molecule has 0 aromatic heterocycles. The summed E-state index contributed by atoms with van der Waals surface area (Å²) in [5, 5.41) is 0. The highest BCUT2D eigenvalue weighted by Gasteiger charge is 2.46. The molecule has 1 saturated heterocycles. The minimum Gasteiger partial charge on any atom is -0.460 e. The van der Waals surface area contributed by atoms with E-state index in [1.54, 1.807) is 103 Å². The first-order chi connectivity index (χ1) is 24.9. The standard InChI is InChI=1S/C42H39NO8/c1-2-28-18-20-29(21-19-28)24-33-22-23-34(43)25-36(33)50-42-38(51-41(46)32-16-10-5-11-17-32)37(49-40(45)31-14-8-4-9-15-31)26-35(48-42)27-47-39(44)30-12-6-3-7-13-30/h3-23,25,35,37-38,42H,2,24,26-27,43H2,1H3/t35-,37-,38+,42-/m0/s1. The number of hydrogen-bond donors (Lipinski definition) is 1. The molecule has 51 heavy (non-hydrogen) atoms. The molecular formula is C42H39NO8. The smallest absolute Gasteiger partial charge is 0.338 e. The molecule has 9 nitrogen and oxygen atoms in total. The maximum atomic E-state index is 13.5. The van der Waals surface area contributed by atoms with Gasteiger partial charge < -0.3 is 29.4 Å². The minimum absolute atomic E-state index is 0.0425. The number of esters is 3. The first kappa shape index (κ1) is 34.9. The summed E-state index contributed by atoms with van der Waals surface area (Å²) in [6, 6.07) is 39.2. The van der Waals surface area contributed by atoms with Gasteiger partial charge in [0.2, 0.25) is 12.4 Å². The molecule has 1 aliphatic rings. The van der Waals surface area contributed by atoms with Crippen molar-refractivity contribution in [3.63, 3.8) is 0 Å². The Morgan fingerprint density at radius 1 is 0.686 bits per heavy atom. The van der Waals surface area contributed by atoms with Gasteiger partial charge in [0.05, 0.1) is 22.8 Å². The Labute approximate surface area is 296 Å². The summed E-state index contributed by atoms with van der Waals surface area (Å²) in [4.78, 5) is 39.8. The number of ether oxygens (including phenoxy) is 5. The van der Waals surface area contributed by atoms with Crippen molar-refractivity contribution in [2.45, 2.75) is 50.8 Å². The predicted molar refractivity (Wildman–Crippen MR) is 191 cm³/mol. The van der Waals surface area contributed by atoms with Gasteiger partial charge in [-0.1, -0.05) is 91.9 Å². The number of carbonyl (C=O) groups is 3. The van der Waals surface area contributed by atoms with Gasteiger partial charge in [0, 0.05) is 24.6 Å². The second kappa shape index (κ2) is 16.7. The summed E-state index contributed by atoms with van der Waals surface area (Å²) < 4.78 is 30.7. The lowest BCUT2D eigenvalue weighted by molar-refractivity contribution is -0.240. The van der Waals surface area contributed by atoms with Gasteiger partial charge in [-0.2, -0.15) is 0 Å². The van der Waals surface area contributed by atoms with Crippen LogP contribution in [-0.2, 0) is 31.8 Å². The zero-order valence-corrected chi connectivity index (χ0v) is 28.2. The summed E-state index contributed by atoms with van der Waals surface area (Å²) >= 11 is 0. The molecule has 0 aliphatic carbocycles. The van der Waals surface area contributed by atoms with Crippen LogP contribution in [0.4, 0.5) is 5.69 Å². The second-order valence-electron chi connectivity index (χ2n) is 12.2. The molecule has 1 aliphatic heterocycles. The molecular weight excluding hydrogens is 646 g/mol. The van der Waals surface area contributed by atoms with Crippen LogP contribution in [0.25, 0.3) is 0 Å². The fraction of sp³-hybridized carbons (Fsp3) is 0.214. The highest BCUT2D eigenvalue weighted by atomic mass is 16.7. The number of aryl methyl sites for hydroxylation is 1. The Hall–Kier alpha value is -5.93. The van der Waals surface area contributed by atoms with Crippen molar-refractivity contribution < 1.29 is 38.1 Å². The first-order valence-electron chi connectivity index (χ1n) is 16.9. The molecule has 5 aromatic rings. The fourth-order valence-corrected chi connectivity index (χ4v) is 5.78. The molecule has 9 heteroatoms. The van der Waals surface area contributed by atoms with E-state index >= 15 is 0 Å². The lowest BCUT2D eigenvalue weighted by Crippen LogP contribution is -2.55. The van der Waals surface area contributed by atoms with Gasteiger partial charge in [0.1, 0.15) is 18.5 Å². The van der Waals surface area contributed by atoms with Crippen molar-refractivity contribution in [2.24, 2.45) is 0 Å². The highest BCUT2D eigenvalue weighted by Crippen LogP contribution is 2.33. The van der Waals surface area contributed by atoms with Crippen LogP contribution in [0.3, 0.4) is 0 Å². The number of rotatable bonds is 12. The monoisotopic (exact) mass is 685 g/mol. The van der Waals surface area contributed by atoms with Crippen molar-refractivity contribution in [3.05, 3.63) is 167 Å². The Bertz CT molecular complexity index is 1920. The van der Waals surface area contributed by atoms with E-state index in [1.165, 1.54) is 5.56 Å². The van der Waals surface area contributed by atoms with Crippen LogP contribution in [0.2, 0.25) is 0 Å². The van der Waals surface area contributed by atoms with Crippen molar-refractivity contribution >= 4 is 23.6 Å². The molecule has 4 atom stereocenters. The highest BCUT2D eigenvalue weighted by molar-refractivity contribution is 5.90. The Balaban J connectivity index is 1.33. The average molecular weight is 686 g/mol. The molecule has 0 spiro atoms. The lowest BCUT2D eigenvalue weighted by Gasteiger charge is -2.40. The van der Waals surface area contributed by atoms with Crippen LogP contribution >= 0.6 is 0 Å². The number of anilines is 1. The van der Waals surface area contributed by atoms with Crippen LogP contribution in [0.1, 0.15) is 61.1 Å². The van der Waals surface area contributed by atoms with Crippen molar-refractivity contribution in [2.75, 3.05) is 12.3 Å². The summed E-state index contributed by atoms with van der Waals surface area (Å²) in [6.45, 7) is 1.92. The summed E-state index contributed by atoms with van der Waals surface area (Å²) in [6.07, 6.45) is -2.86. The quantitative estimate of drug-likeness (QED) is 0.0824. The second-order valence-corrected chi connectivity index (χ2v) is 12.2. The van der Waals surface area contributed by atoms with E-state index in [-0.39, 0.29) is 13.0 Å². The van der Waals surface area contributed by atoms with Gasteiger partial charge in [-0.25, -0.2) is 14.4 Å². The third-order valence-corrected chi connectivity index (χ3v) is 8.55. The molecule has 0 unspecified atom stereocenters. The Morgan fingerprint density at radius 2 is 1.24 bits per heavy atom. The maximum Gasteiger partial charge on any atom is 0.338 e. The number of hydrogen-bond acceptors (Lipinski definition) is 9. The third-order valence-electron chi connectivity index (χ3n) is 8.55. The Kier molecular flexibility index (Phi) is 11.4. The van der Waals surface area contributed by atoms with Gasteiger partial charge in [-0.05, 0) is 65.6 Å². The van der Waals surface area contributed by atoms with Crippen LogP contribution in [0.15, 0.2) is 133 Å². The van der Waals surface area contributed by atoms with E-state index in [0.29, 0.717) is 34.5 Å². The number of nitrogen functional groups attached to an aromatic ring is 1. The first-order valence-corrected chi connectivity index (χ1v) is 16.9. The van der Waals surface area contributed by atoms with Gasteiger partial charge in [-0.3, -0.25) is 0 Å². The third kappa shape index (κ3) is 9.20. The fourth-order valence-electron chi connectivity index (χ4n) is 5.78. The summed E-state index contributed by atoms with van der Waals surface area (Å²) in [7, 11) is 0. The van der Waals surface area contributed by atoms with E-state index in [9.17, 15) is 14.4 Å². The molecule has 2 N–H and O–H groups in total. The van der Waals surface area contributed by atoms with E-state index in [2.05, 4.69) is 31.2 Å². The lowest BCUT2D eigenvalue weighted by atomic mass is 10.0. The SMILES string of the molecule is CCc1ccc(Cc2ccc(N)cc2O[C@@H]2O[C@H](COC(=O)c3ccccc3)C[C@H](OC(=O)c3ccccc3)[C@H]2OC(=O)c2ccccc2)cc1. The van der Waals surface area contributed by atoms with Gasteiger partial charge in [0.15, 0.2) is 0 Å².